The fraction of sp³-hybridized carbons (Fsp3) is 0.375. The van der Waals surface area contributed by atoms with Crippen LogP contribution in [0.4, 0.5) is 0 Å². The first-order valence-electron chi connectivity index (χ1n) is 6.56. The van der Waals surface area contributed by atoms with Gasteiger partial charge in [0.2, 0.25) is 0 Å². The van der Waals surface area contributed by atoms with Crippen molar-refractivity contribution in [2.45, 2.75) is 32.3 Å². The number of allylic oxidation sites excluding steroid dienone is 2. The third-order valence-corrected chi connectivity index (χ3v) is 6.57. The molecule has 0 fully saturated rings. The Labute approximate surface area is 144 Å². The molecular weight excluding hydrogens is 350 g/mol. The number of halogens is 4. The lowest BCUT2D eigenvalue weighted by atomic mass is 9.63. The number of ether oxygens (including phenoxy) is 1. The van der Waals surface area contributed by atoms with Gasteiger partial charge < -0.3 is 4.74 Å². The molecule has 0 amide bonds. The van der Waals surface area contributed by atoms with E-state index in [2.05, 4.69) is 26.8 Å². The van der Waals surface area contributed by atoms with Gasteiger partial charge in [-0.2, -0.15) is 0 Å². The second-order valence-electron chi connectivity index (χ2n) is 5.61. The van der Waals surface area contributed by atoms with Crippen LogP contribution in [0.25, 0.3) is 0 Å². The third kappa shape index (κ3) is 1.76. The van der Waals surface area contributed by atoms with E-state index in [1.165, 1.54) is 11.1 Å². The predicted molar refractivity (Wildman–Crippen MR) is 90.0 cm³/mol. The van der Waals surface area contributed by atoms with Crippen molar-refractivity contribution in [1.82, 2.24) is 0 Å². The van der Waals surface area contributed by atoms with Crippen LogP contribution in [0, 0.1) is 0 Å². The molecule has 0 N–H and O–H groups in total. The van der Waals surface area contributed by atoms with E-state index in [0.717, 1.165) is 16.7 Å². The Morgan fingerprint density at radius 1 is 0.952 bits per heavy atom. The molecule has 2 bridgehead atoms. The molecule has 0 spiro atoms. The molecule has 0 unspecified atom stereocenters. The van der Waals surface area contributed by atoms with E-state index in [9.17, 15) is 0 Å². The smallest absolute Gasteiger partial charge is 0.134 e. The summed E-state index contributed by atoms with van der Waals surface area (Å²) in [6, 6.07) is 0. The average Bonchev–Trinajstić information content (AvgIpc) is 2.46. The van der Waals surface area contributed by atoms with Crippen molar-refractivity contribution in [3.63, 3.8) is 0 Å². The Morgan fingerprint density at radius 2 is 1.52 bits per heavy atom. The molecule has 1 nitrogen and oxygen atoms in total. The maximum Gasteiger partial charge on any atom is 0.134 e. The molecule has 0 heterocycles. The van der Waals surface area contributed by atoms with Crippen molar-refractivity contribution >= 4 is 46.4 Å². The molecule has 0 saturated carbocycles. The predicted octanol–water partition coefficient (Wildman–Crippen LogP) is 6.54. The summed E-state index contributed by atoms with van der Waals surface area (Å²) >= 11 is 25.5. The first kappa shape index (κ1) is 15.7. The van der Waals surface area contributed by atoms with Crippen molar-refractivity contribution in [2.75, 3.05) is 7.11 Å². The van der Waals surface area contributed by atoms with Crippen LogP contribution in [0.1, 0.15) is 37.8 Å². The van der Waals surface area contributed by atoms with Gasteiger partial charge >= 0.3 is 0 Å². The Kier molecular flexibility index (Phi) is 3.67. The molecule has 112 valence electrons. The summed E-state index contributed by atoms with van der Waals surface area (Å²) in [5, 5.41) is 1.47. The Hall–Kier alpha value is -0.180. The number of hydrogen-bond donors (Lipinski definition) is 0. The summed E-state index contributed by atoms with van der Waals surface area (Å²) in [4.78, 5) is 0. The normalized spacial score (nSPS) is 27.0. The minimum atomic E-state index is -0.715. The van der Waals surface area contributed by atoms with Crippen molar-refractivity contribution in [1.29, 1.82) is 0 Å². The summed E-state index contributed by atoms with van der Waals surface area (Å²) in [5.41, 5.74) is 4.56. The van der Waals surface area contributed by atoms with Crippen LogP contribution < -0.4 is 0 Å². The topological polar surface area (TPSA) is 9.23 Å². The highest BCUT2D eigenvalue weighted by atomic mass is 35.5. The average molecular weight is 364 g/mol. The fourth-order valence-electron chi connectivity index (χ4n) is 3.66. The third-order valence-electron chi connectivity index (χ3n) is 4.75. The van der Waals surface area contributed by atoms with Crippen molar-refractivity contribution < 1.29 is 4.74 Å². The molecule has 3 aliphatic rings. The zero-order chi connectivity index (χ0) is 15.7. The van der Waals surface area contributed by atoms with Crippen LogP contribution in [0.5, 0.6) is 0 Å². The fourth-order valence-corrected chi connectivity index (χ4v) is 4.78. The molecular formula is C16H14Cl4O. The van der Waals surface area contributed by atoms with Crippen molar-refractivity contribution in [2.24, 2.45) is 0 Å². The highest BCUT2D eigenvalue weighted by molar-refractivity contribution is 6.52. The quantitative estimate of drug-likeness (QED) is 0.313. The van der Waals surface area contributed by atoms with Crippen LogP contribution in [0.2, 0.25) is 20.1 Å². The van der Waals surface area contributed by atoms with Crippen LogP contribution in [0.3, 0.4) is 0 Å². The lowest BCUT2D eigenvalue weighted by Crippen LogP contribution is -2.39. The number of hydrogen-bond acceptors (Lipinski definition) is 1. The first-order valence-corrected chi connectivity index (χ1v) is 8.07. The summed E-state index contributed by atoms with van der Waals surface area (Å²) in [6.45, 7) is 6.23. The molecule has 0 saturated heterocycles. The van der Waals surface area contributed by atoms with Gasteiger partial charge in [0.1, 0.15) is 5.60 Å². The van der Waals surface area contributed by atoms with E-state index >= 15 is 0 Å². The summed E-state index contributed by atoms with van der Waals surface area (Å²) in [7, 11) is 1.67. The van der Waals surface area contributed by atoms with Crippen molar-refractivity contribution in [3.05, 3.63) is 54.0 Å². The maximum atomic E-state index is 6.50. The zero-order valence-corrected chi connectivity index (χ0v) is 15.1. The van der Waals surface area contributed by atoms with E-state index < -0.39 is 5.60 Å². The second-order valence-corrected chi connectivity index (χ2v) is 7.13. The van der Waals surface area contributed by atoms with E-state index in [4.69, 9.17) is 51.1 Å². The number of methoxy groups -OCH3 is 1. The minimum Gasteiger partial charge on any atom is -0.365 e. The molecule has 0 aliphatic heterocycles. The Bertz CT molecular complexity index is 733. The van der Waals surface area contributed by atoms with Crippen LogP contribution >= 0.6 is 46.4 Å². The van der Waals surface area contributed by atoms with Gasteiger partial charge in [0, 0.05) is 18.6 Å². The van der Waals surface area contributed by atoms with Crippen LogP contribution in [-0.2, 0) is 10.3 Å². The van der Waals surface area contributed by atoms with Crippen molar-refractivity contribution in [3.8, 4) is 0 Å². The number of rotatable bonds is 1. The largest absolute Gasteiger partial charge is 0.365 e. The molecule has 2 atom stereocenters. The van der Waals surface area contributed by atoms with E-state index in [1.807, 2.05) is 0 Å². The molecule has 3 aliphatic carbocycles. The van der Waals surface area contributed by atoms with E-state index in [-0.39, 0.29) is 10.9 Å². The molecule has 21 heavy (non-hydrogen) atoms. The highest BCUT2D eigenvalue weighted by Gasteiger charge is 2.49. The Morgan fingerprint density at radius 3 is 2.10 bits per heavy atom. The maximum absolute atomic E-state index is 6.50. The van der Waals surface area contributed by atoms with Gasteiger partial charge in [0.15, 0.2) is 0 Å². The lowest BCUT2D eigenvalue weighted by molar-refractivity contribution is 0.0530. The Balaban J connectivity index is 2.52. The van der Waals surface area contributed by atoms with E-state index in [1.54, 1.807) is 7.11 Å². The standard InChI is InChI=1S/C16H14Cl4O/c1-6-5-16(21-4)8(3)7(2)9(6)10-11(16)13(18)15(20)14(19)12(10)17/h5,9H,1-4H3/t9-,16-/m0/s1. The SMILES string of the molecule is CO[C@@]12C=C(C)[C@@H](C(C)=C1C)c1c(Cl)c(Cl)c(Cl)c(Cl)c12. The minimum absolute atomic E-state index is 0.0804. The van der Waals surface area contributed by atoms with Gasteiger partial charge in [-0.15, -0.1) is 0 Å². The van der Waals surface area contributed by atoms with Gasteiger partial charge in [-0.25, -0.2) is 0 Å². The van der Waals surface area contributed by atoms with E-state index in [0.29, 0.717) is 15.1 Å². The van der Waals surface area contributed by atoms with Gasteiger partial charge in [0.05, 0.1) is 20.1 Å². The molecule has 0 aromatic heterocycles. The zero-order valence-electron chi connectivity index (χ0n) is 12.1. The van der Waals surface area contributed by atoms with Gasteiger partial charge in [-0.3, -0.25) is 0 Å². The van der Waals surface area contributed by atoms with Crippen LogP contribution in [0.15, 0.2) is 22.8 Å². The molecule has 4 rings (SSSR count). The van der Waals surface area contributed by atoms with Gasteiger partial charge in [0.25, 0.3) is 0 Å². The monoisotopic (exact) mass is 362 g/mol. The second kappa shape index (κ2) is 4.91. The first-order chi connectivity index (χ1) is 9.77. The summed E-state index contributed by atoms with van der Waals surface area (Å²) in [6.07, 6.45) is 2.11. The highest BCUT2D eigenvalue weighted by Crippen LogP contribution is 2.61. The molecule has 5 heteroatoms. The van der Waals surface area contributed by atoms with Gasteiger partial charge in [-0.1, -0.05) is 57.5 Å². The molecule has 0 radical (unpaired) electrons. The lowest BCUT2D eigenvalue weighted by Gasteiger charge is -2.47. The molecule has 1 aromatic carbocycles. The van der Waals surface area contributed by atoms with Crippen LogP contribution in [-0.4, -0.2) is 7.11 Å². The van der Waals surface area contributed by atoms with Gasteiger partial charge in [-0.05, 0) is 38.0 Å². The summed E-state index contributed by atoms with van der Waals surface area (Å²) in [5.74, 6) is 0.0804. The summed E-state index contributed by atoms with van der Waals surface area (Å²) < 4.78 is 5.90. The molecule has 1 aromatic rings. The number of benzene rings is 1.